The van der Waals surface area contributed by atoms with Crippen molar-refractivity contribution in [1.29, 1.82) is 0 Å². The third kappa shape index (κ3) is 6.01. The highest BCUT2D eigenvalue weighted by Crippen LogP contribution is 2.34. The molecule has 0 atom stereocenters. The van der Waals surface area contributed by atoms with Gasteiger partial charge in [-0.3, -0.25) is 19.3 Å². The van der Waals surface area contributed by atoms with Crippen molar-refractivity contribution in [3.63, 3.8) is 0 Å². The molecule has 1 aliphatic heterocycles. The molecular formula is C24H23NO7S. The van der Waals surface area contributed by atoms with E-state index < -0.39 is 29.6 Å². The summed E-state index contributed by atoms with van der Waals surface area (Å²) in [6.07, 6.45) is 1.16. The van der Waals surface area contributed by atoms with Crippen molar-refractivity contribution in [2.75, 3.05) is 13.7 Å². The van der Waals surface area contributed by atoms with Gasteiger partial charge in [0.25, 0.3) is 11.1 Å². The highest BCUT2D eigenvalue weighted by Gasteiger charge is 2.36. The Kier molecular flexibility index (Phi) is 7.55. The number of carbonyl (C=O) groups excluding carboxylic acids is 4. The van der Waals surface area contributed by atoms with Gasteiger partial charge in [-0.15, -0.1) is 0 Å². The number of carbonyl (C=O) groups is 4. The fourth-order valence-electron chi connectivity index (χ4n) is 2.92. The summed E-state index contributed by atoms with van der Waals surface area (Å²) in [5.41, 5.74) is 1.98. The summed E-state index contributed by atoms with van der Waals surface area (Å²) in [4.78, 5) is 50.0. The van der Waals surface area contributed by atoms with Crippen LogP contribution in [0.15, 0.2) is 47.4 Å². The van der Waals surface area contributed by atoms with Crippen LogP contribution < -0.4 is 9.47 Å². The molecule has 0 unspecified atom stereocenters. The molecule has 0 aromatic heterocycles. The van der Waals surface area contributed by atoms with Crippen LogP contribution >= 0.6 is 11.8 Å². The lowest BCUT2D eigenvalue weighted by molar-refractivity contribution is -0.149. The maximum absolute atomic E-state index is 12.6. The van der Waals surface area contributed by atoms with Gasteiger partial charge in [-0.25, -0.2) is 4.79 Å². The summed E-state index contributed by atoms with van der Waals surface area (Å²) in [6, 6.07) is 11.7. The van der Waals surface area contributed by atoms with Gasteiger partial charge in [-0.1, -0.05) is 23.8 Å². The van der Waals surface area contributed by atoms with E-state index in [2.05, 4.69) is 0 Å². The molecule has 0 bridgehead atoms. The molecule has 9 heteroatoms. The van der Waals surface area contributed by atoms with Crippen LogP contribution in [0.1, 0.15) is 35.3 Å². The van der Waals surface area contributed by atoms with Gasteiger partial charge >= 0.3 is 11.9 Å². The number of hydrogen-bond acceptors (Lipinski definition) is 8. The maximum atomic E-state index is 12.6. The summed E-state index contributed by atoms with van der Waals surface area (Å²) < 4.78 is 15.8. The summed E-state index contributed by atoms with van der Waals surface area (Å²) in [5, 5.41) is -0.553. The Bertz CT molecular complexity index is 1120. The second kappa shape index (κ2) is 10.4. The van der Waals surface area contributed by atoms with E-state index >= 15 is 0 Å². The molecule has 0 N–H and O–H groups in total. The van der Waals surface area contributed by atoms with E-state index in [1.54, 1.807) is 44.2 Å². The van der Waals surface area contributed by atoms with Crippen LogP contribution in [0.5, 0.6) is 11.5 Å². The van der Waals surface area contributed by atoms with Crippen LogP contribution in [0.25, 0.3) is 6.08 Å². The fourth-order valence-corrected chi connectivity index (χ4v) is 3.76. The predicted octanol–water partition coefficient (Wildman–Crippen LogP) is 4.21. The van der Waals surface area contributed by atoms with Crippen molar-refractivity contribution in [3.8, 4) is 11.5 Å². The molecular weight excluding hydrogens is 446 g/mol. The molecule has 1 fully saturated rings. The molecule has 0 saturated carbocycles. The lowest BCUT2D eigenvalue weighted by Gasteiger charge is -2.13. The monoisotopic (exact) mass is 469 g/mol. The van der Waals surface area contributed by atoms with Gasteiger partial charge in [0.2, 0.25) is 0 Å². The van der Waals surface area contributed by atoms with E-state index in [1.807, 2.05) is 19.1 Å². The Morgan fingerprint density at radius 3 is 2.39 bits per heavy atom. The molecule has 1 aliphatic rings. The van der Waals surface area contributed by atoms with Gasteiger partial charge in [0.05, 0.1) is 23.7 Å². The Balaban J connectivity index is 1.75. The lowest BCUT2D eigenvalue weighted by atomic mass is 10.1. The topological polar surface area (TPSA) is 99.2 Å². The maximum Gasteiger partial charge on any atom is 0.343 e. The van der Waals surface area contributed by atoms with Gasteiger partial charge in [-0.2, -0.15) is 0 Å². The third-order valence-electron chi connectivity index (χ3n) is 4.50. The SMILES string of the molecule is COc1cc(/C=C2\SC(=O)N(CC(=O)OC(C)C)C2=O)ccc1OC(=O)c1ccc(C)cc1. The average molecular weight is 470 g/mol. The summed E-state index contributed by atoms with van der Waals surface area (Å²) in [7, 11) is 1.43. The van der Waals surface area contributed by atoms with Gasteiger partial charge in [0.1, 0.15) is 6.54 Å². The van der Waals surface area contributed by atoms with Crippen LogP contribution in [-0.2, 0) is 14.3 Å². The highest BCUT2D eigenvalue weighted by molar-refractivity contribution is 8.18. The van der Waals surface area contributed by atoms with Crippen molar-refractivity contribution >= 4 is 40.9 Å². The molecule has 172 valence electrons. The van der Waals surface area contributed by atoms with E-state index in [1.165, 1.54) is 13.2 Å². The number of benzene rings is 2. The van der Waals surface area contributed by atoms with Crippen molar-refractivity contribution in [3.05, 3.63) is 64.1 Å². The number of rotatable bonds is 7. The minimum Gasteiger partial charge on any atom is -0.493 e. The van der Waals surface area contributed by atoms with E-state index in [0.29, 0.717) is 11.1 Å². The Labute approximate surface area is 195 Å². The van der Waals surface area contributed by atoms with E-state index in [-0.39, 0.29) is 22.5 Å². The molecule has 0 aliphatic carbocycles. The molecule has 1 heterocycles. The number of esters is 2. The van der Waals surface area contributed by atoms with E-state index in [0.717, 1.165) is 22.2 Å². The first-order valence-corrected chi connectivity index (χ1v) is 10.9. The number of ether oxygens (including phenoxy) is 3. The number of aryl methyl sites for hydroxylation is 1. The Morgan fingerprint density at radius 1 is 1.06 bits per heavy atom. The van der Waals surface area contributed by atoms with Crippen molar-refractivity contribution in [1.82, 2.24) is 4.90 Å². The van der Waals surface area contributed by atoms with Crippen LogP contribution in [0.4, 0.5) is 4.79 Å². The molecule has 8 nitrogen and oxygen atoms in total. The first-order chi connectivity index (χ1) is 15.7. The van der Waals surface area contributed by atoms with E-state index in [4.69, 9.17) is 14.2 Å². The van der Waals surface area contributed by atoms with Crippen LogP contribution in [0, 0.1) is 6.92 Å². The number of nitrogens with zero attached hydrogens (tertiary/aromatic N) is 1. The Hall–Kier alpha value is -3.59. The normalized spacial score (nSPS) is 14.7. The van der Waals surface area contributed by atoms with Crippen molar-refractivity contribution < 1.29 is 33.4 Å². The van der Waals surface area contributed by atoms with Crippen molar-refractivity contribution in [2.45, 2.75) is 26.9 Å². The van der Waals surface area contributed by atoms with Gasteiger partial charge < -0.3 is 14.2 Å². The molecule has 2 aromatic rings. The standard InChI is InChI=1S/C24H23NO7S/c1-14(2)31-21(26)13-25-22(27)20(33-24(25)29)12-16-7-10-18(19(11-16)30-4)32-23(28)17-8-5-15(3)6-9-17/h5-12,14H,13H2,1-4H3/b20-12-. The first kappa shape index (κ1) is 24.1. The highest BCUT2D eigenvalue weighted by atomic mass is 32.2. The lowest BCUT2D eigenvalue weighted by Crippen LogP contribution is -2.35. The molecule has 2 amide bonds. The first-order valence-electron chi connectivity index (χ1n) is 10.1. The zero-order chi connectivity index (χ0) is 24.1. The Morgan fingerprint density at radius 2 is 1.76 bits per heavy atom. The van der Waals surface area contributed by atoms with Crippen molar-refractivity contribution in [2.24, 2.45) is 0 Å². The van der Waals surface area contributed by atoms with Gasteiger partial charge in [-0.05, 0) is 68.4 Å². The smallest absolute Gasteiger partial charge is 0.343 e. The number of imide groups is 1. The second-order valence-electron chi connectivity index (χ2n) is 7.47. The molecule has 0 radical (unpaired) electrons. The molecule has 1 saturated heterocycles. The third-order valence-corrected chi connectivity index (χ3v) is 5.41. The molecule has 33 heavy (non-hydrogen) atoms. The zero-order valence-corrected chi connectivity index (χ0v) is 19.4. The zero-order valence-electron chi connectivity index (χ0n) is 18.6. The number of hydrogen-bond donors (Lipinski definition) is 0. The van der Waals surface area contributed by atoms with E-state index in [9.17, 15) is 19.2 Å². The summed E-state index contributed by atoms with van der Waals surface area (Å²) >= 11 is 0.729. The van der Waals surface area contributed by atoms with Crippen LogP contribution in [0.3, 0.4) is 0 Å². The number of amides is 2. The predicted molar refractivity (Wildman–Crippen MR) is 123 cm³/mol. The number of thioether (sulfide) groups is 1. The minimum atomic E-state index is -0.657. The van der Waals surface area contributed by atoms with Crippen LogP contribution in [-0.4, -0.2) is 47.7 Å². The summed E-state index contributed by atoms with van der Waals surface area (Å²) in [5.74, 6) is -1.28. The van der Waals surface area contributed by atoms with Gasteiger partial charge in [0.15, 0.2) is 11.5 Å². The average Bonchev–Trinajstić information content (AvgIpc) is 3.01. The molecule has 2 aromatic carbocycles. The minimum absolute atomic E-state index is 0.156. The molecule has 0 spiro atoms. The van der Waals surface area contributed by atoms with Gasteiger partial charge in [0, 0.05) is 0 Å². The summed E-state index contributed by atoms with van der Waals surface area (Å²) in [6.45, 7) is 4.84. The largest absolute Gasteiger partial charge is 0.493 e. The second-order valence-corrected chi connectivity index (χ2v) is 8.47. The molecule has 3 rings (SSSR count). The number of methoxy groups -OCH3 is 1. The quantitative estimate of drug-likeness (QED) is 0.338. The van der Waals surface area contributed by atoms with Crippen LogP contribution in [0.2, 0.25) is 0 Å². The fraction of sp³-hybridized carbons (Fsp3) is 0.250.